The number of benzene rings is 1. The van der Waals surface area contributed by atoms with Crippen LogP contribution >= 0.6 is 11.3 Å². The Morgan fingerprint density at radius 1 is 1.29 bits per heavy atom. The summed E-state index contributed by atoms with van der Waals surface area (Å²) in [6.07, 6.45) is 1.60. The molecule has 0 fully saturated rings. The third kappa shape index (κ3) is 2.44. The van der Waals surface area contributed by atoms with E-state index in [2.05, 4.69) is 10.1 Å². The van der Waals surface area contributed by atoms with Crippen molar-refractivity contribution in [3.63, 3.8) is 0 Å². The van der Waals surface area contributed by atoms with Gasteiger partial charge in [0.1, 0.15) is 16.6 Å². The normalized spacial score (nSPS) is 11.2. The quantitative estimate of drug-likeness (QED) is 0.731. The second-order valence-corrected chi connectivity index (χ2v) is 5.84. The number of fused-ring (bicyclic) bond motifs is 1. The molecule has 2 heterocycles. The summed E-state index contributed by atoms with van der Waals surface area (Å²) in [4.78, 5) is 16.2. The zero-order valence-corrected chi connectivity index (χ0v) is 12.2. The molecule has 0 N–H and O–H groups in total. The molecule has 0 aliphatic heterocycles. The average molecular weight is 307 g/mol. The first kappa shape index (κ1) is 13.8. The van der Waals surface area contributed by atoms with Crippen LogP contribution in [0.2, 0.25) is 0 Å². The first-order chi connectivity index (χ1) is 9.95. The van der Waals surface area contributed by atoms with Crippen LogP contribution in [-0.4, -0.2) is 14.8 Å². The Hall–Kier alpha value is -2.15. The number of halogens is 2. The maximum atomic E-state index is 13.6. The Balaban J connectivity index is 2.05. The maximum Gasteiger partial charge on any atom is 0.270 e. The van der Waals surface area contributed by atoms with Gasteiger partial charge in [-0.05, 0) is 19.4 Å². The topological polar surface area (TPSA) is 47.8 Å². The molecule has 0 saturated heterocycles. The Bertz CT molecular complexity index is 901. The number of hydrogen-bond acceptors (Lipinski definition) is 4. The van der Waals surface area contributed by atoms with Crippen LogP contribution in [0.3, 0.4) is 0 Å². The largest absolute Gasteiger partial charge is 0.270 e. The predicted molar refractivity (Wildman–Crippen MR) is 76.6 cm³/mol. The van der Waals surface area contributed by atoms with Crippen molar-refractivity contribution in [1.82, 2.24) is 14.8 Å². The van der Waals surface area contributed by atoms with Gasteiger partial charge in [-0.15, -0.1) is 11.3 Å². The van der Waals surface area contributed by atoms with Gasteiger partial charge < -0.3 is 0 Å². The number of nitrogens with zero attached hydrogens (tertiary/aromatic N) is 3. The van der Waals surface area contributed by atoms with Gasteiger partial charge in [-0.25, -0.2) is 18.4 Å². The molecule has 7 heteroatoms. The Morgan fingerprint density at radius 3 is 2.81 bits per heavy atom. The fourth-order valence-corrected chi connectivity index (χ4v) is 2.91. The van der Waals surface area contributed by atoms with Crippen molar-refractivity contribution in [2.75, 3.05) is 0 Å². The standard InChI is InChI=1S/C14H11F2N3OS/c1-7-5-17-19(14(20)8(7)2)6-12-18-11-4-9(15)3-10(16)13(11)21-12/h3-5H,6H2,1-2H3. The molecule has 108 valence electrons. The highest BCUT2D eigenvalue weighted by Crippen LogP contribution is 2.26. The Morgan fingerprint density at radius 2 is 2.05 bits per heavy atom. The van der Waals surface area contributed by atoms with Crippen LogP contribution in [0.1, 0.15) is 16.1 Å². The summed E-state index contributed by atoms with van der Waals surface area (Å²) in [7, 11) is 0. The molecule has 0 unspecified atom stereocenters. The summed E-state index contributed by atoms with van der Waals surface area (Å²) in [5.74, 6) is -1.31. The van der Waals surface area contributed by atoms with Gasteiger partial charge in [0.2, 0.25) is 0 Å². The lowest BCUT2D eigenvalue weighted by Crippen LogP contribution is -2.25. The minimum atomic E-state index is -0.668. The van der Waals surface area contributed by atoms with E-state index in [1.165, 1.54) is 10.7 Å². The van der Waals surface area contributed by atoms with Crippen LogP contribution in [-0.2, 0) is 6.54 Å². The van der Waals surface area contributed by atoms with Gasteiger partial charge in [-0.3, -0.25) is 4.79 Å². The number of aryl methyl sites for hydroxylation is 1. The molecule has 0 amide bonds. The first-order valence-electron chi connectivity index (χ1n) is 6.23. The second kappa shape index (κ2) is 5.00. The smallest absolute Gasteiger partial charge is 0.267 e. The van der Waals surface area contributed by atoms with E-state index >= 15 is 0 Å². The first-order valence-corrected chi connectivity index (χ1v) is 7.05. The van der Waals surface area contributed by atoms with Crippen LogP contribution in [0.5, 0.6) is 0 Å². The highest BCUT2D eigenvalue weighted by atomic mass is 32.1. The van der Waals surface area contributed by atoms with Gasteiger partial charge in [0.15, 0.2) is 0 Å². The van der Waals surface area contributed by atoms with Crippen molar-refractivity contribution >= 4 is 21.6 Å². The predicted octanol–water partition coefficient (Wildman–Crippen LogP) is 2.80. The fraction of sp³-hybridized carbons (Fsp3) is 0.214. The summed E-state index contributed by atoms with van der Waals surface area (Å²) in [6, 6.07) is 2.00. The monoisotopic (exact) mass is 307 g/mol. The summed E-state index contributed by atoms with van der Waals surface area (Å²) in [6.45, 7) is 3.67. The van der Waals surface area contributed by atoms with Crippen LogP contribution in [0.15, 0.2) is 23.1 Å². The second-order valence-electron chi connectivity index (χ2n) is 4.76. The molecule has 3 aromatic rings. The van der Waals surface area contributed by atoms with E-state index in [1.807, 2.05) is 6.92 Å². The molecule has 1 aromatic carbocycles. The van der Waals surface area contributed by atoms with Crippen LogP contribution < -0.4 is 5.56 Å². The minimum Gasteiger partial charge on any atom is -0.267 e. The summed E-state index contributed by atoms with van der Waals surface area (Å²) in [5.41, 5.74) is 1.47. The Kier molecular flexibility index (Phi) is 3.29. The molecule has 0 atom stereocenters. The van der Waals surface area contributed by atoms with Gasteiger partial charge in [0.05, 0.1) is 23.0 Å². The van der Waals surface area contributed by atoms with Crippen molar-refractivity contribution in [2.24, 2.45) is 0 Å². The van der Waals surface area contributed by atoms with Crippen LogP contribution in [0, 0.1) is 25.5 Å². The third-order valence-corrected chi connectivity index (χ3v) is 4.34. The summed E-state index contributed by atoms with van der Waals surface area (Å²) < 4.78 is 28.3. The molecule has 2 aromatic heterocycles. The molecule has 0 aliphatic rings. The maximum absolute atomic E-state index is 13.6. The van der Waals surface area contributed by atoms with Gasteiger partial charge in [0, 0.05) is 17.7 Å². The van der Waals surface area contributed by atoms with Gasteiger partial charge in [-0.2, -0.15) is 5.10 Å². The molecule has 3 rings (SSSR count). The van der Waals surface area contributed by atoms with Gasteiger partial charge in [-0.1, -0.05) is 0 Å². The third-order valence-electron chi connectivity index (χ3n) is 3.28. The number of thiazole rings is 1. The summed E-state index contributed by atoms with van der Waals surface area (Å²) in [5, 5.41) is 4.55. The van der Waals surface area contributed by atoms with Crippen LogP contribution in [0.4, 0.5) is 8.78 Å². The molecular formula is C14H11F2N3OS. The SMILES string of the molecule is Cc1cnn(Cc2nc3cc(F)cc(F)c3s2)c(=O)c1C. The van der Waals surface area contributed by atoms with E-state index in [9.17, 15) is 13.6 Å². The van der Waals surface area contributed by atoms with Gasteiger partial charge >= 0.3 is 0 Å². The highest BCUT2D eigenvalue weighted by molar-refractivity contribution is 7.18. The molecule has 0 saturated carbocycles. The van der Waals surface area contributed by atoms with E-state index in [4.69, 9.17) is 0 Å². The number of aromatic nitrogens is 3. The average Bonchev–Trinajstić information content (AvgIpc) is 2.82. The molecule has 0 aliphatic carbocycles. The van der Waals surface area contributed by atoms with Crippen molar-refractivity contribution in [2.45, 2.75) is 20.4 Å². The molecule has 0 spiro atoms. The highest BCUT2D eigenvalue weighted by Gasteiger charge is 2.12. The summed E-state index contributed by atoms with van der Waals surface area (Å²) >= 11 is 1.09. The Labute approximate surface area is 122 Å². The van der Waals surface area contributed by atoms with E-state index in [0.29, 0.717) is 10.6 Å². The van der Waals surface area contributed by atoms with Crippen LogP contribution in [0.25, 0.3) is 10.2 Å². The lowest BCUT2D eigenvalue weighted by Gasteiger charge is -2.04. The van der Waals surface area contributed by atoms with Crippen molar-refractivity contribution < 1.29 is 8.78 Å². The van der Waals surface area contributed by atoms with Crippen molar-refractivity contribution in [3.05, 3.63) is 56.5 Å². The number of hydrogen-bond donors (Lipinski definition) is 0. The number of rotatable bonds is 2. The molecule has 0 radical (unpaired) electrons. The molecule has 4 nitrogen and oxygen atoms in total. The van der Waals surface area contributed by atoms with E-state index < -0.39 is 11.6 Å². The van der Waals surface area contributed by atoms with E-state index in [-0.39, 0.29) is 22.3 Å². The van der Waals surface area contributed by atoms with Crippen molar-refractivity contribution in [1.29, 1.82) is 0 Å². The van der Waals surface area contributed by atoms with Gasteiger partial charge in [0.25, 0.3) is 5.56 Å². The molecule has 21 heavy (non-hydrogen) atoms. The fourth-order valence-electron chi connectivity index (χ4n) is 1.98. The lowest BCUT2D eigenvalue weighted by molar-refractivity contribution is 0.592. The molecule has 0 bridgehead atoms. The zero-order valence-electron chi connectivity index (χ0n) is 11.4. The van der Waals surface area contributed by atoms with Crippen molar-refractivity contribution in [3.8, 4) is 0 Å². The van der Waals surface area contributed by atoms with E-state index in [0.717, 1.165) is 23.0 Å². The zero-order chi connectivity index (χ0) is 15.1. The lowest BCUT2D eigenvalue weighted by atomic mass is 10.2. The minimum absolute atomic E-state index is 0.139. The van der Waals surface area contributed by atoms with E-state index in [1.54, 1.807) is 13.1 Å². The molecular weight excluding hydrogens is 296 g/mol.